The highest BCUT2D eigenvalue weighted by Crippen LogP contribution is 2.24. The normalized spacial score (nSPS) is 20.5. The van der Waals surface area contributed by atoms with Gasteiger partial charge in [0.2, 0.25) is 0 Å². The maximum atomic E-state index is 14.2. The average molecular weight is 266 g/mol. The quantitative estimate of drug-likeness (QED) is 0.889. The molecule has 0 aliphatic carbocycles. The van der Waals surface area contributed by atoms with Crippen molar-refractivity contribution in [3.63, 3.8) is 0 Å². The van der Waals surface area contributed by atoms with Crippen LogP contribution in [0, 0.1) is 5.82 Å². The van der Waals surface area contributed by atoms with Crippen LogP contribution in [0.15, 0.2) is 18.2 Å². The summed E-state index contributed by atoms with van der Waals surface area (Å²) in [6.45, 7) is 3.49. The molecule has 1 fully saturated rings. The van der Waals surface area contributed by atoms with Crippen molar-refractivity contribution >= 4 is 5.69 Å². The molecular weight excluding hydrogens is 243 g/mol. The first-order chi connectivity index (χ1) is 9.11. The van der Waals surface area contributed by atoms with Crippen molar-refractivity contribution in [3.8, 4) is 0 Å². The highest BCUT2D eigenvalue weighted by Gasteiger charge is 2.22. The van der Waals surface area contributed by atoms with E-state index in [4.69, 9.17) is 10.5 Å². The van der Waals surface area contributed by atoms with E-state index in [1.54, 1.807) is 6.07 Å². The highest BCUT2D eigenvalue weighted by molar-refractivity contribution is 5.49. The zero-order valence-electron chi connectivity index (χ0n) is 11.7. The Morgan fingerprint density at radius 2 is 2.32 bits per heavy atom. The average Bonchev–Trinajstić information content (AvgIpc) is 2.92. The number of hydrogen-bond donors (Lipinski definition) is 1. The molecule has 1 saturated heterocycles. The SMILES string of the molecule is CCC(N)Cc1ccc(N(C)C2CCOC2)c(F)c1. The summed E-state index contributed by atoms with van der Waals surface area (Å²) in [7, 11) is 1.93. The third-order valence-electron chi connectivity index (χ3n) is 3.87. The minimum absolute atomic E-state index is 0.103. The Labute approximate surface area is 114 Å². The lowest BCUT2D eigenvalue weighted by Gasteiger charge is -2.26. The first-order valence-electron chi connectivity index (χ1n) is 6.96. The number of nitrogens with two attached hydrogens (primary N) is 1. The van der Waals surface area contributed by atoms with Crippen LogP contribution in [0.1, 0.15) is 25.3 Å². The molecule has 2 rings (SSSR count). The Hall–Kier alpha value is -1.13. The van der Waals surface area contributed by atoms with Gasteiger partial charge < -0.3 is 15.4 Å². The molecule has 3 nitrogen and oxygen atoms in total. The Morgan fingerprint density at radius 3 is 2.89 bits per heavy atom. The molecule has 0 bridgehead atoms. The van der Waals surface area contributed by atoms with Gasteiger partial charge in [0.1, 0.15) is 5.82 Å². The van der Waals surface area contributed by atoms with Crippen molar-refractivity contribution in [3.05, 3.63) is 29.6 Å². The van der Waals surface area contributed by atoms with Crippen LogP contribution in [0.2, 0.25) is 0 Å². The molecule has 2 unspecified atom stereocenters. The van der Waals surface area contributed by atoms with Crippen LogP contribution < -0.4 is 10.6 Å². The smallest absolute Gasteiger partial charge is 0.146 e. The van der Waals surface area contributed by atoms with Gasteiger partial charge in [-0.15, -0.1) is 0 Å². The minimum Gasteiger partial charge on any atom is -0.379 e. The van der Waals surface area contributed by atoms with Crippen molar-refractivity contribution in [2.24, 2.45) is 5.73 Å². The van der Waals surface area contributed by atoms with Crippen molar-refractivity contribution in [2.45, 2.75) is 38.3 Å². The second-order valence-corrected chi connectivity index (χ2v) is 5.29. The molecule has 1 aromatic rings. The summed E-state index contributed by atoms with van der Waals surface area (Å²) in [6, 6.07) is 5.81. The molecule has 4 heteroatoms. The molecule has 1 aliphatic rings. The summed E-state index contributed by atoms with van der Waals surface area (Å²) in [5, 5.41) is 0. The van der Waals surface area contributed by atoms with E-state index in [-0.39, 0.29) is 17.9 Å². The molecule has 0 spiro atoms. The Balaban J connectivity index is 2.09. The van der Waals surface area contributed by atoms with Gasteiger partial charge in [-0.3, -0.25) is 0 Å². The maximum absolute atomic E-state index is 14.2. The van der Waals surface area contributed by atoms with Gasteiger partial charge in [0.05, 0.1) is 18.3 Å². The number of benzene rings is 1. The minimum atomic E-state index is -0.171. The van der Waals surface area contributed by atoms with Gasteiger partial charge in [0, 0.05) is 19.7 Å². The summed E-state index contributed by atoms with van der Waals surface area (Å²) in [4.78, 5) is 1.98. The fraction of sp³-hybridized carbons (Fsp3) is 0.600. The van der Waals surface area contributed by atoms with Gasteiger partial charge in [-0.1, -0.05) is 13.0 Å². The third-order valence-corrected chi connectivity index (χ3v) is 3.87. The second kappa shape index (κ2) is 6.35. The fourth-order valence-corrected chi connectivity index (χ4v) is 2.43. The van der Waals surface area contributed by atoms with Gasteiger partial charge in [0.15, 0.2) is 0 Å². The van der Waals surface area contributed by atoms with E-state index in [1.165, 1.54) is 0 Å². The van der Waals surface area contributed by atoms with Crippen LogP contribution in [-0.4, -0.2) is 32.3 Å². The van der Waals surface area contributed by atoms with Crippen LogP contribution in [0.4, 0.5) is 10.1 Å². The molecule has 2 atom stereocenters. The molecule has 0 aromatic heterocycles. The third kappa shape index (κ3) is 3.45. The summed E-state index contributed by atoms with van der Waals surface area (Å²) < 4.78 is 19.5. The highest BCUT2D eigenvalue weighted by atomic mass is 19.1. The molecule has 2 N–H and O–H groups in total. The monoisotopic (exact) mass is 266 g/mol. The number of hydrogen-bond acceptors (Lipinski definition) is 3. The Morgan fingerprint density at radius 1 is 1.53 bits per heavy atom. The summed E-state index contributed by atoms with van der Waals surface area (Å²) in [5.41, 5.74) is 7.51. The molecule has 1 aliphatic heterocycles. The van der Waals surface area contributed by atoms with Gasteiger partial charge in [-0.2, -0.15) is 0 Å². The van der Waals surface area contributed by atoms with Crippen LogP contribution in [-0.2, 0) is 11.2 Å². The first-order valence-corrected chi connectivity index (χ1v) is 6.96. The van der Waals surface area contributed by atoms with Gasteiger partial charge in [-0.05, 0) is 37.0 Å². The topological polar surface area (TPSA) is 38.5 Å². The lowest BCUT2D eigenvalue weighted by Crippen LogP contribution is -2.32. The molecule has 0 radical (unpaired) electrons. The van der Waals surface area contributed by atoms with Crippen molar-refractivity contribution in [1.82, 2.24) is 0 Å². The largest absolute Gasteiger partial charge is 0.379 e. The predicted molar refractivity (Wildman–Crippen MR) is 76.0 cm³/mol. The summed E-state index contributed by atoms with van der Waals surface area (Å²) in [6.07, 6.45) is 2.59. The van der Waals surface area contributed by atoms with Gasteiger partial charge in [-0.25, -0.2) is 4.39 Å². The standard InChI is InChI=1S/C15H23FN2O/c1-3-12(17)8-11-4-5-15(14(16)9-11)18(2)13-6-7-19-10-13/h4-5,9,12-13H,3,6-8,10,17H2,1-2H3. The van der Waals surface area contributed by atoms with Gasteiger partial charge >= 0.3 is 0 Å². The van der Waals surface area contributed by atoms with Crippen molar-refractivity contribution < 1.29 is 9.13 Å². The van der Waals surface area contributed by atoms with Gasteiger partial charge in [0.25, 0.3) is 0 Å². The van der Waals surface area contributed by atoms with E-state index in [0.29, 0.717) is 12.3 Å². The lowest BCUT2D eigenvalue weighted by atomic mass is 10.0. The van der Waals surface area contributed by atoms with E-state index in [1.807, 2.05) is 31.0 Å². The maximum Gasteiger partial charge on any atom is 0.146 e. The number of halogens is 1. The Bertz CT molecular complexity index is 419. The molecular formula is C15H23FN2O. The van der Waals surface area contributed by atoms with E-state index >= 15 is 0 Å². The van der Waals surface area contributed by atoms with Crippen molar-refractivity contribution in [2.75, 3.05) is 25.2 Å². The summed E-state index contributed by atoms with van der Waals surface area (Å²) in [5.74, 6) is -0.171. The van der Waals surface area contributed by atoms with Crippen LogP contribution in [0.5, 0.6) is 0 Å². The number of likely N-dealkylation sites (N-methyl/N-ethyl adjacent to an activating group) is 1. The fourth-order valence-electron chi connectivity index (χ4n) is 2.43. The molecule has 1 aromatic carbocycles. The molecule has 106 valence electrons. The van der Waals surface area contributed by atoms with E-state index in [9.17, 15) is 4.39 Å². The number of rotatable bonds is 5. The summed E-state index contributed by atoms with van der Waals surface area (Å²) >= 11 is 0. The molecule has 19 heavy (non-hydrogen) atoms. The van der Waals surface area contributed by atoms with Crippen molar-refractivity contribution in [1.29, 1.82) is 0 Å². The number of nitrogens with zero attached hydrogens (tertiary/aromatic N) is 1. The molecule has 1 heterocycles. The van der Waals surface area contributed by atoms with Crippen LogP contribution >= 0.6 is 0 Å². The zero-order chi connectivity index (χ0) is 13.8. The van der Waals surface area contributed by atoms with Crippen LogP contribution in [0.25, 0.3) is 0 Å². The number of ether oxygens (including phenoxy) is 1. The Kier molecular flexibility index (Phi) is 4.77. The van der Waals surface area contributed by atoms with E-state index in [2.05, 4.69) is 0 Å². The number of anilines is 1. The predicted octanol–water partition coefficient (Wildman–Crippen LogP) is 2.33. The first kappa shape index (κ1) is 14.3. The lowest BCUT2D eigenvalue weighted by molar-refractivity contribution is 0.193. The van der Waals surface area contributed by atoms with E-state index in [0.717, 1.165) is 31.4 Å². The second-order valence-electron chi connectivity index (χ2n) is 5.29. The van der Waals surface area contributed by atoms with Crippen LogP contribution in [0.3, 0.4) is 0 Å². The zero-order valence-corrected chi connectivity index (χ0v) is 11.7. The molecule has 0 amide bonds. The molecule has 0 saturated carbocycles. The van der Waals surface area contributed by atoms with E-state index < -0.39 is 0 Å².